The Morgan fingerprint density at radius 2 is 1.88 bits per heavy atom. The standard InChI is InChI=1S/C24H34N2O5S/c1-16(2)13-19-11-8-12-20(24(30)26(19)15-22(28)31-4)25-23(29)21(32-17(3)27)14-18-9-6-5-7-10-18/h5-7,9-10,16,19-21H,8,11-15H2,1-4H3,(H,25,29)/t19-,20+,21+/m1/s1. The minimum Gasteiger partial charge on any atom is -0.468 e. The van der Waals surface area contributed by atoms with Gasteiger partial charge in [-0.25, -0.2) is 0 Å². The Morgan fingerprint density at radius 3 is 2.47 bits per heavy atom. The largest absolute Gasteiger partial charge is 0.468 e. The van der Waals surface area contributed by atoms with Crippen LogP contribution in [0.5, 0.6) is 0 Å². The van der Waals surface area contributed by atoms with Crippen molar-refractivity contribution >= 4 is 34.7 Å². The molecule has 1 heterocycles. The van der Waals surface area contributed by atoms with Crippen LogP contribution in [-0.4, -0.2) is 58.8 Å². The van der Waals surface area contributed by atoms with Crippen LogP contribution >= 0.6 is 11.8 Å². The van der Waals surface area contributed by atoms with E-state index >= 15 is 0 Å². The number of carbonyl (C=O) groups excluding carboxylic acids is 4. The fraction of sp³-hybridized carbons (Fsp3) is 0.583. The molecule has 1 saturated heterocycles. The van der Waals surface area contributed by atoms with Crippen LogP contribution in [0, 0.1) is 5.92 Å². The molecule has 3 atom stereocenters. The number of esters is 1. The van der Waals surface area contributed by atoms with Gasteiger partial charge in [0.05, 0.1) is 12.4 Å². The first kappa shape index (κ1) is 25.9. The van der Waals surface area contributed by atoms with Crippen LogP contribution in [0.3, 0.4) is 0 Å². The van der Waals surface area contributed by atoms with E-state index < -0.39 is 17.3 Å². The Bertz CT molecular complexity index is 799. The summed E-state index contributed by atoms with van der Waals surface area (Å²) in [4.78, 5) is 51.8. The molecule has 1 aliphatic heterocycles. The first-order valence-electron chi connectivity index (χ1n) is 11.1. The number of methoxy groups -OCH3 is 1. The van der Waals surface area contributed by atoms with Gasteiger partial charge < -0.3 is 15.0 Å². The molecule has 0 saturated carbocycles. The van der Waals surface area contributed by atoms with Crippen LogP contribution in [0.1, 0.15) is 52.0 Å². The maximum atomic E-state index is 13.4. The average Bonchev–Trinajstić information content (AvgIpc) is 2.87. The molecule has 1 aromatic carbocycles. The molecular formula is C24H34N2O5S. The number of likely N-dealkylation sites (tertiary alicyclic amines) is 1. The van der Waals surface area contributed by atoms with Crippen molar-refractivity contribution in [3.8, 4) is 0 Å². The van der Waals surface area contributed by atoms with Crippen LogP contribution in [0.4, 0.5) is 0 Å². The van der Waals surface area contributed by atoms with Crippen LogP contribution in [0.2, 0.25) is 0 Å². The molecule has 32 heavy (non-hydrogen) atoms. The van der Waals surface area contributed by atoms with Gasteiger partial charge in [-0.15, -0.1) is 0 Å². The molecule has 176 valence electrons. The van der Waals surface area contributed by atoms with E-state index in [-0.39, 0.29) is 29.5 Å². The number of nitrogens with zero attached hydrogens (tertiary/aromatic N) is 1. The normalized spacial score (nSPS) is 19.9. The number of carbonyl (C=O) groups is 4. The summed E-state index contributed by atoms with van der Waals surface area (Å²) in [6.45, 7) is 5.46. The third kappa shape index (κ3) is 7.97. The van der Waals surface area contributed by atoms with Gasteiger partial charge >= 0.3 is 5.97 Å². The topological polar surface area (TPSA) is 92.8 Å². The number of benzene rings is 1. The molecule has 1 aromatic rings. The molecule has 2 amide bonds. The van der Waals surface area contributed by atoms with E-state index in [1.165, 1.54) is 14.0 Å². The van der Waals surface area contributed by atoms with Crippen molar-refractivity contribution in [1.29, 1.82) is 0 Å². The second-order valence-corrected chi connectivity index (χ2v) is 9.99. The zero-order valence-electron chi connectivity index (χ0n) is 19.3. The predicted octanol–water partition coefficient (Wildman–Crippen LogP) is 2.96. The highest BCUT2D eigenvalue weighted by atomic mass is 32.2. The minimum atomic E-state index is -0.727. The van der Waals surface area contributed by atoms with Gasteiger partial charge in [0.1, 0.15) is 12.6 Å². The number of thioether (sulfide) groups is 1. The Hall–Kier alpha value is -2.35. The zero-order chi connectivity index (χ0) is 23.7. The molecule has 0 unspecified atom stereocenters. The number of hydrogen-bond acceptors (Lipinski definition) is 6. The van der Waals surface area contributed by atoms with Crippen molar-refractivity contribution in [3.05, 3.63) is 35.9 Å². The number of rotatable bonds is 9. The average molecular weight is 463 g/mol. The first-order chi connectivity index (χ1) is 15.2. The van der Waals surface area contributed by atoms with Gasteiger partial charge in [0.2, 0.25) is 11.8 Å². The lowest BCUT2D eigenvalue weighted by Crippen LogP contribution is -2.53. The molecule has 8 heteroatoms. The predicted molar refractivity (Wildman–Crippen MR) is 125 cm³/mol. The van der Waals surface area contributed by atoms with E-state index in [0.29, 0.717) is 18.8 Å². The van der Waals surface area contributed by atoms with E-state index in [0.717, 1.165) is 36.6 Å². The number of hydrogen-bond donors (Lipinski definition) is 1. The maximum Gasteiger partial charge on any atom is 0.325 e. The fourth-order valence-corrected chi connectivity index (χ4v) is 4.88. The molecule has 0 bridgehead atoms. The molecule has 1 N–H and O–H groups in total. The Morgan fingerprint density at radius 1 is 1.19 bits per heavy atom. The molecule has 0 aliphatic carbocycles. The molecule has 1 aliphatic rings. The van der Waals surface area contributed by atoms with Crippen molar-refractivity contribution < 1.29 is 23.9 Å². The van der Waals surface area contributed by atoms with Crippen molar-refractivity contribution in [2.45, 2.75) is 70.2 Å². The van der Waals surface area contributed by atoms with Crippen molar-refractivity contribution in [2.24, 2.45) is 5.92 Å². The molecular weight excluding hydrogens is 428 g/mol. The van der Waals surface area contributed by atoms with Crippen molar-refractivity contribution in [3.63, 3.8) is 0 Å². The van der Waals surface area contributed by atoms with Gasteiger partial charge in [-0.3, -0.25) is 19.2 Å². The summed E-state index contributed by atoms with van der Waals surface area (Å²) in [6.07, 6.45) is 3.19. The summed E-state index contributed by atoms with van der Waals surface area (Å²) >= 11 is 0.972. The lowest BCUT2D eigenvalue weighted by molar-refractivity contribution is -0.149. The number of ether oxygens (including phenoxy) is 1. The molecule has 2 rings (SSSR count). The van der Waals surface area contributed by atoms with E-state index in [1.54, 1.807) is 4.90 Å². The Labute approximate surface area is 194 Å². The van der Waals surface area contributed by atoms with Gasteiger partial charge in [0.15, 0.2) is 5.12 Å². The van der Waals surface area contributed by atoms with E-state index in [9.17, 15) is 19.2 Å². The Balaban J connectivity index is 2.18. The third-order valence-corrected chi connectivity index (χ3v) is 6.50. The van der Waals surface area contributed by atoms with Gasteiger partial charge in [0, 0.05) is 13.0 Å². The lowest BCUT2D eigenvalue weighted by atomic mass is 9.99. The minimum absolute atomic E-state index is 0.0739. The molecule has 0 spiro atoms. The molecule has 0 radical (unpaired) electrons. The monoisotopic (exact) mass is 462 g/mol. The second-order valence-electron chi connectivity index (χ2n) is 8.61. The van der Waals surface area contributed by atoms with Gasteiger partial charge in [-0.05, 0) is 43.6 Å². The van der Waals surface area contributed by atoms with E-state index in [1.807, 2.05) is 30.3 Å². The Kier molecular flexibility index (Phi) is 10.2. The maximum absolute atomic E-state index is 13.4. The highest BCUT2D eigenvalue weighted by molar-refractivity contribution is 8.14. The number of nitrogens with one attached hydrogen (secondary N) is 1. The number of amides is 2. The lowest BCUT2D eigenvalue weighted by Gasteiger charge is -2.32. The van der Waals surface area contributed by atoms with Crippen LogP contribution in [-0.2, 0) is 30.3 Å². The summed E-state index contributed by atoms with van der Waals surface area (Å²) in [6, 6.07) is 8.68. The molecule has 7 nitrogen and oxygen atoms in total. The van der Waals surface area contributed by atoms with Crippen LogP contribution in [0.25, 0.3) is 0 Å². The molecule has 0 aromatic heterocycles. The smallest absolute Gasteiger partial charge is 0.325 e. The summed E-state index contributed by atoms with van der Waals surface area (Å²) in [5.41, 5.74) is 0.943. The van der Waals surface area contributed by atoms with Gasteiger partial charge in [-0.2, -0.15) is 0 Å². The van der Waals surface area contributed by atoms with Crippen molar-refractivity contribution in [2.75, 3.05) is 13.7 Å². The van der Waals surface area contributed by atoms with Crippen molar-refractivity contribution in [1.82, 2.24) is 10.2 Å². The first-order valence-corrected chi connectivity index (χ1v) is 12.0. The fourth-order valence-electron chi connectivity index (χ4n) is 4.03. The summed E-state index contributed by atoms with van der Waals surface area (Å²) < 4.78 is 4.80. The van der Waals surface area contributed by atoms with E-state index in [4.69, 9.17) is 4.74 Å². The summed E-state index contributed by atoms with van der Waals surface area (Å²) in [5, 5.41) is 2.09. The van der Waals surface area contributed by atoms with Gasteiger partial charge in [-0.1, -0.05) is 55.9 Å². The summed E-state index contributed by atoms with van der Waals surface area (Å²) in [5.74, 6) is -0.722. The third-order valence-electron chi connectivity index (χ3n) is 5.50. The zero-order valence-corrected chi connectivity index (χ0v) is 20.2. The molecule has 1 fully saturated rings. The van der Waals surface area contributed by atoms with Crippen LogP contribution < -0.4 is 5.32 Å². The van der Waals surface area contributed by atoms with Crippen LogP contribution in [0.15, 0.2) is 30.3 Å². The van der Waals surface area contributed by atoms with E-state index in [2.05, 4.69) is 19.2 Å². The van der Waals surface area contributed by atoms with Gasteiger partial charge in [0.25, 0.3) is 0 Å². The SMILES string of the molecule is COC(=O)CN1C(=O)[C@@H](NC(=O)[C@H](Cc2ccccc2)SC(C)=O)CCC[C@@H]1CC(C)C. The quantitative estimate of drug-likeness (QED) is 0.567. The second kappa shape index (κ2) is 12.6. The highest BCUT2D eigenvalue weighted by Gasteiger charge is 2.36. The highest BCUT2D eigenvalue weighted by Crippen LogP contribution is 2.25. The summed E-state index contributed by atoms with van der Waals surface area (Å²) in [7, 11) is 1.30.